The molecule has 5 nitrogen and oxygen atoms in total. The zero-order valence-electron chi connectivity index (χ0n) is 14.3. The van der Waals surface area contributed by atoms with Gasteiger partial charge in [-0.1, -0.05) is 30.3 Å². The molecule has 4 aromatic rings. The first-order valence-corrected chi connectivity index (χ1v) is 8.32. The van der Waals surface area contributed by atoms with Gasteiger partial charge in [0.2, 0.25) is 0 Å². The van der Waals surface area contributed by atoms with Crippen LogP contribution < -0.4 is 5.32 Å². The molecule has 26 heavy (non-hydrogen) atoms. The Bertz CT molecular complexity index is 1020. The average Bonchev–Trinajstić information content (AvgIpc) is 3.14. The topological polar surface area (TPSA) is 73.8 Å². The molecule has 0 aliphatic rings. The molecule has 0 aliphatic carbocycles. The number of hydrogen-bond acceptors (Lipinski definition) is 4. The number of hydrogen-bond donors (Lipinski definition) is 3. The van der Waals surface area contributed by atoms with Crippen molar-refractivity contribution >= 4 is 11.5 Å². The molecule has 0 atom stereocenters. The van der Waals surface area contributed by atoms with E-state index < -0.39 is 0 Å². The normalized spacial score (nSPS) is 10.7. The standard InChI is InChI=1S/C21H18N4O/c1-14-11-18(26)8-9-19(14)23-21-12-20(24-25-21)16-6-4-15(5-7-16)17-3-2-10-22-13-17/h2-13,26H,1H3,(H2,23,24,25). The Balaban J connectivity index is 1.54. The fourth-order valence-corrected chi connectivity index (χ4v) is 2.84. The van der Waals surface area contributed by atoms with Crippen molar-refractivity contribution < 1.29 is 5.11 Å². The SMILES string of the molecule is Cc1cc(O)ccc1Nc1cc(-c2ccc(-c3cccnc3)cc2)[nH]n1. The molecule has 0 saturated heterocycles. The van der Waals surface area contributed by atoms with Crippen molar-refractivity contribution in [2.75, 3.05) is 5.32 Å². The molecule has 0 amide bonds. The molecule has 4 rings (SSSR count). The Kier molecular flexibility index (Phi) is 4.11. The molecular formula is C21H18N4O. The van der Waals surface area contributed by atoms with Crippen molar-refractivity contribution in [3.05, 3.63) is 78.6 Å². The molecule has 2 aromatic carbocycles. The summed E-state index contributed by atoms with van der Waals surface area (Å²) in [6, 6.07) is 19.4. The third-order valence-electron chi connectivity index (χ3n) is 4.24. The number of aromatic hydroxyl groups is 1. The van der Waals surface area contributed by atoms with Crippen molar-refractivity contribution in [1.29, 1.82) is 0 Å². The number of rotatable bonds is 4. The van der Waals surface area contributed by atoms with E-state index in [1.165, 1.54) is 0 Å². The fraction of sp³-hybridized carbons (Fsp3) is 0.0476. The summed E-state index contributed by atoms with van der Waals surface area (Å²) in [5.41, 5.74) is 6.07. The summed E-state index contributed by atoms with van der Waals surface area (Å²) in [5.74, 6) is 0.981. The number of benzene rings is 2. The van der Waals surface area contributed by atoms with Gasteiger partial charge in [-0.15, -0.1) is 0 Å². The van der Waals surface area contributed by atoms with Gasteiger partial charge in [-0.05, 0) is 53.4 Å². The Morgan fingerprint density at radius 2 is 1.73 bits per heavy atom. The number of pyridine rings is 1. The van der Waals surface area contributed by atoms with E-state index in [0.717, 1.165) is 39.5 Å². The van der Waals surface area contributed by atoms with Crippen LogP contribution in [0.1, 0.15) is 5.56 Å². The third kappa shape index (κ3) is 3.28. The molecule has 0 unspecified atom stereocenters. The molecule has 0 radical (unpaired) electrons. The van der Waals surface area contributed by atoms with Gasteiger partial charge < -0.3 is 10.4 Å². The van der Waals surface area contributed by atoms with Crippen LogP contribution in [0, 0.1) is 6.92 Å². The van der Waals surface area contributed by atoms with Gasteiger partial charge in [0.1, 0.15) is 5.75 Å². The van der Waals surface area contributed by atoms with E-state index in [1.807, 2.05) is 37.4 Å². The quantitative estimate of drug-likeness (QED) is 0.461. The number of phenols is 1. The lowest BCUT2D eigenvalue weighted by molar-refractivity contribution is 0.475. The van der Waals surface area contributed by atoms with Crippen molar-refractivity contribution in [2.24, 2.45) is 0 Å². The molecular weight excluding hydrogens is 324 g/mol. The molecule has 0 fully saturated rings. The second-order valence-electron chi connectivity index (χ2n) is 6.11. The fourth-order valence-electron chi connectivity index (χ4n) is 2.84. The maximum absolute atomic E-state index is 9.51. The van der Waals surface area contributed by atoms with Crippen LogP contribution in [0.2, 0.25) is 0 Å². The van der Waals surface area contributed by atoms with E-state index >= 15 is 0 Å². The molecule has 3 N–H and O–H groups in total. The van der Waals surface area contributed by atoms with E-state index in [0.29, 0.717) is 0 Å². The Labute approximate surface area is 151 Å². The van der Waals surface area contributed by atoms with Crippen molar-refractivity contribution in [2.45, 2.75) is 6.92 Å². The molecule has 0 spiro atoms. The van der Waals surface area contributed by atoms with Crippen LogP contribution >= 0.6 is 0 Å². The van der Waals surface area contributed by atoms with E-state index in [2.05, 4.69) is 44.8 Å². The minimum Gasteiger partial charge on any atom is -0.508 e. The number of aromatic amines is 1. The van der Waals surface area contributed by atoms with Crippen LogP contribution in [0.15, 0.2) is 73.1 Å². The van der Waals surface area contributed by atoms with Crippen LogP contribution in [0.3, 0.4) is 0 Å². The minimum atomic E-state index is 0.254. The number of nitrogens with zero attached hydrogens (tertiary/aromatic N) is 2. The Morgan fingerprint density at radius 3 is 2.46 bits per heavy atom. The summed E-state index contributed by atoms with van der Waals surface area (Å²) < 4.78 is 0. The molecule has 2 heterocycles. The molecule has 0 saturated carbocycles. The lowest BCUT2D eigenvalue weighted by Crippen LogP contribution is -1.92. The molecule has 5 heteroatoms. The summed E-state index contributed by atoms with van der Waals surface area (Å²) in [6.45, 7) is 1.94. The number of aryl methyl sites for hydroxylation is 1. The minimum absolute atomic E-state index is 0.254. The van der Waals surface area contributed by atoms with Crippen LogP contribution in [0.25, 0.3) is 22.4 Å². The van der Waals surface area contributed by atoms with Gasteiger partial charge in [0.25, 0.3) is 0 Å². The summed E-state index contributed by atoms with van der Waals surface area (Å²) in [4.78, 5) is 4.16. The van der Waals surface area contributed by atoms with Gasteiger partial charge in [0.05, 0.1) is 5.69 Å². The van der Waals surface area contributed by atoms with Crippen LogP contribution in [0.4, 0.5) is 11.5 Å². The first-order valence-electron chi connectivity index (χ1n) is 8.32. The summed E-state index contributed by atoms with van der Waals surface area (Å²) in [7, 11) is 0. The second-order valence-corrected chi connectivity index (χ2v) is 6.11. The number of phenolic OH excluding ortho intramolecular Hbond substituents is 1. The number of nitrogens with one attached hydrogen (secondary N) is 2. The van der Waals surface area contributed by atoms with Crippen molar-refractivity contribution in [1.82, 2.24) is 15.2 Å². The predicted octanol–water partition coefficient (Wildman–Crippen LogP) is 4.90. The molecule has 0 bridgehead atoms. The first-order chi connectivity index (χ1) is 12.7. The molecule has 128 valence electrons. The largest absolute Gasteiger partial charge is 0.508 e. The van der Waals surface area contributed by atoms with E-state index in [4.69, 9.17) is 0 Å². The maximum Gasteiger partial charge on any atom is 0.152 e. The van der Waals surface area contributed by atoms with E-state index in [9.17, 15) is 5.11 Å². The summed E-state index contributed by atoms with van der Waals surface area (Å²) >= 11 is 0. The number of aromatic nitrogens is 3. The highest BCUT2D eigenvalue weighted by atomic mass is 16.3. The number of H-pyrrole nitrogens is 1. The monoisotopic (exact) mass is 342 g/mol. The van der Waals surface area contributed by atoms with Gasteiger partial charge in [0.15, 0.2) is 5.82 Å². The van der Waals surface area contributed by atoms with Crippen LogP contribution in [-0.4, -0.2) is 20.3 Å². The first kappa shape index (κ1) is 15.9. The van der Waals surface area contributed by atoms with Gasteiger partial charge in [-0.3, -0.25) is 10.1 Å². The van der Waals surface area contributed by atoms with Gasteiger partial charge >= 0.3 is 0 Å². The van der Waals surface area contributed by atoms with Gasteiger partial charge in [-0.2, -0.15) is 5.10 Å². The summed E-state index contributed by atoms with van der Waals surface area (Å²) in [5, 5.41) is 20.2. The van der Waals surface area contributed by atoms with E-state index in [1.54, 1.807) is 18.3 Å². The zero-order chi connectivity index (χ0) is 17.9. The highest BCUT2D eigenvalue weighted by molar-refractivity contribution is 5.71. The van der Waals surface area contributed by atoms with Gasteiger partial charge in [0, 0.05) is 24.1 Å². The highest BCUT2D eigenvalue weighted by Gasteiger charge is 2.06. The molecule has 0 aliphatic heterocycles. The van der Waals surface area contributed by atoms with Crippen LogP contribution in [-0.2, 0) is 0 Å². The van der Waals surface area contributed by atoms with Crippen molar-refractivity contribution in [3.63, 3.8) is 0 Å². The lowest BCUT2D eigenvalue weighted by atomic mass is 10.0. The zero-order valence-corrected chi connectivity index (χ0v) is 14.3. The smallest absolute Gasteiger partial charge is 0.152 e. The summed E-state index contributed by atoms with van der Waals surface area (Å²) in [6.07, 6.45) is 3.63. The molecule has 2 aromatic heterocycles. The maximum atomic E-state index is 9.51. The lowest BCUT2D eigenvalue weighted by Gasteiger charge is -2.06. The van der Waals surface area contributed by atoms with Crippen molar-refractivity contribution in [3.8, 4) is 28.1 Å². The predicted molar refractivity (Wildman–Crippen MR) is 103 cm³/mol. The second kappa shape index (κ2) is 6.72. The average molecular weight is 342 g/mol. The number of anilines is 2. The third-order valence-corrected chi connectivity index (χ3v) is 4.24. The van der Waals surface area contributed by atoms with Gasteiger partial charge in [-0.25, -0.2) is 0 Å². The van der Waals surface area contributed by atoms with E-state index in [-0.39, 0.29) is 5.75 Å². The van der Waals surface area contributed by atoms with Crippen LogP contribution in [0.5, 0.6) is 5.75 Å². The Hall–Kier alpha value is -3.60. The Morgan fingerprint density at radius 1 is 0.923 bits per heavy atom. The highest BCUT2D eigenvalue weighted by Crippen LogP contribution is 2.27.